The number of aryl methyl sites for hydroxylation is 2. The van der Waals surface area contributed by atoms with E-state index in [0.717, 1.165) is 27.9 Å². The molecule has 1 N–H and O–H groups in total. The van der Waals surface area contributed by atoms with Crippen molar-refractivity contribution >= 4 is 22.8 Å². The van der Waals surface area contributed by atoms with E-state index in [1.54, 1.807) is 11.1 Å². The zero-order chi connectivity index (χ0) is 22.7. The Kier molecular flexibility index (Phi) is 4.98. The summed E-state index contributed by atoms with van der Waals surface area (Å²) in [6.45, 7) is 14.7. The minimum Gasteiger partial charge on any atom is -0.444 e. The van der Waals surface area contributed by atoms with Gasteiger partial charge in [0.1, 0.15) is 5.60 Å². The molecule has 2 amide bonds. The molecule has 3 atom stereocenters. The van der Waals surface area contributed by atoms with E-state index < -0.39 is 11.1 Å². The van der Waals surface area contributed by atoms with E-state index in [9.17, 15) is 9.59 Å². The highest BCUT2D eigenvalue weighted by molar-refractivity contribution is 5.89. The molecule has 0 bridgehead atoms. The van der Waals surface area contributed by atoms with Gasteiger partial charge in [-0.25, -0.2) is 4.79 Å². The molecular formula is C24H32N4O3. The first kappa shape index (κ1) is 21.5. The average molecular weight is 425 g/mol. The van der Waals surface area contributed by atoms with Crippen molar-refractivity contribution in [3.8, 4) is 0 Å². The summed E-state index contributed by atoms with van der Waals surface area (Å²) in [5.41, 5.74) is 1.56. The lowest BCUT2D eigenvalue weighted by molar-refractivity contribution is -0.125. The quantitative estimate of drug-likeness (QED) is 0.812. The van der Waals surface area contributed by atoms with Crippen LogP contribution in [0.15, 0.2) is 18.3 Å². The number of aromatic nitrogens is 2. The van der Waals surface area contributed by atoms with Crippen LogP contribution in [0.1, 0.15) is 51.7 Å². The average Bonchev–Trinajstić information content (AvgIpc) is 3.14. The third-order valence-corrected chi connectivity index (χ3v) is 6.26. The minimum absolute atomic E-state index is 0.0334. The van der Waals surface area contributed by atoms with E-state index >= 15 is 0 Å². The molecule has 2 aromatic heterocycles. The zero-order valence-electron chi connectivity index (χ0n) is 19.4. The van der Waals surface area contributed by atoms with E-state index in [1.165, 1.54) is 0 Å². The van der Waals surface area contributed by atoms with E-state index in [-0.39, 0.29) is 29.8 Å². The molecule has 2 aromatic rings. The van der Waals surface area contributed by atoms with Crippen molar-refractivity contribution in [1.82, 2.24) is 20.2 Å². The molecule has 1 aliphatic heterocycles. The summed E-state index contributed by atoms with van der Waals surface area (Å²) in [6.07, 6.45) is 1.49. The maximum absolute atomic E-state index is 13.1. The standard InChI is InChI=1S/C24H32N4O3/c1-13-10-16-14(2)25-9-8-15(16)20(26-13)24(6,7)27-21(29)19-17-11-28(12-18(17)19)22(30)31-23(3,4)5/h8-10,17-19H,11-12H2,1-7H3,(H,27,29)/t17-,18+,19+. The van der Waals surface area contributed by atoms with Gasteiger partial charge in [-0.05, 0) is 72.4 Å². The van der Waals surface area contributed by atoms with Gasteiger partial charge in [0.25, 0.3) is 0 Å². The van der Waals surface area contributed by atoms with E-state index in [0.29, 0.717) is 13.1 Å². The second kappa shape index (κ2) is 7.18. The lowest BCUT2D eigenvalue weighted by atomic mass is 9.93. The van der Waals surface area contributed by atoms with Crippen LogP contribution in [-0.4, -0.2) is 45.6 Å². The molecule has 1 saturated heterocycles. The molecule has 4 rings (SSSR count). The Balaban J connectivity index is 1.46. The number of carbonyl (C=O) groups is 2. The maximum atomic E-state index is 13.1. The molecule has 2 fully saturated rings. The van der Waals surface area contributed by atoms with Crippen LogP contribution >= 0.6 is 0 Å². The molecule has 0 radical (unpaired) electrons. The first-order valence-corrected chi connectivity index (χ1v) is 10.9. The molecular weight excluding hydrogens is 392 g/mol. The Hall–Kier alpha value is -2.70. The highest BCUT2D eigenvalue weighted by Gasteiger charge is 2.61. The van der Waals surface area contributed by atoms with Crippen LogP contribution in [0.4, 0.5) is 4.79 Å². The number of pyridine rings is 2. The Morgan fingerprint density at radius 2 is 1.74 bits per heavy atom. The molecule has 7 nitrogen and oxygen atoms in total. The number of rotatable bonds is 3. The molecule has 0 unspecified atom stereocenters. The summed E-state index contributed by atoms with van der Waals surface area (Å²) in [5.74, 6) is 0.387. The van der Waals surface area contributed by atoms with Gasteiger partial charge >= 0.3 is 6.09 Å². The molecule has 166 valence electrons. The summed E-state index contributed by atoms with van der Waals surface area (Å²) in [5, 5.41) is 5.30. The number of likely N-dealkylation sites (tertiary alicyclic amines) is 1. The van der Waals surface area contributed by atoms with Gasteiger partial charge in [-0.1, -0.05) is 0 Å². The number of fused-ring (bicyclic) bond motifs is 2. The van der Waals surface area contributed by atoms with Crippen molar-refractivity contribution in [2.24, 2.45) is 17.8 Å². The molecule has 3 heterocycles. The smallest absolute Gasteiger partial charge is 0.410 e. The number of amides is 2. The second-order valence-corrected chi connectivity index (χ2v) is 10.5. The predicted octanol–water partition coefficient (Wildman–Crippen LogP) is 3.71. The molecule has 7 heteroatoms. The monoisotopic (exact) mass is 424 g/mol. The summed E-state index contributed by atoms with van der Waals surface area (Å²) in [6, 6.07) is 4.00. The van der Waals surface area contributed by atoms with E-state index in [1.807, 2.05) is 60.6 Å². The van der Waals surface area contributed by atoms with E-state index in [4.69, 9.17) is 9.72 Å². The third kappa shape index (κ3) is 4.10. The first-order valence-electron chi connectivity index (χ1n) is 10.9. The van der Waals surface area contributed by atoms with Crippen LogP contribution < -0.4 is 5.32 Å². The van der Waals surface area contributed by atoms with Crippen molar-refractivity contribution in [1.29, 1.82) is 0 Å². The van der Waals surface area contributed by atoms with Crippen molar-refractivity contribution < 1.29 is 14.3 Å². The fourth-order valence-corrected chi connectivity index (χ4v) is 4.76. The van der Waals surface area contributed by atoms with Gasteiger partial charge in [-0.3, -0.25) is 14.8 Å². The number of ether oxygens (including phenoxy) is 1. The van der Waals surface area contributed by atoms with Gasteiger partial charge in [0.15, 0.2) is 0 Å². The van der Waals surface area contributed by atoms with Crippen LogP contribution in [-0.2, 0) is 15.1 Å². The van der Waals surface area contributed by atoms with E-state index in [2.05, 4.69) is 10.3 Å². The number of carbonyl (C=O) groups excluding carboxylic acids is 2. The number of hydrogen-bond donors (Lipinski definition) is 1. The Morgan fingerprint density at radius 3 is 2.35 bits per heavy atom. The minimum atomic E-state index is -0.628. The number of piperidine rings is 1. The van der Waals surface area contributed by atoms with Gasteiger partial charge in [0.2, 0.25) is 5.91 Å². The van der Waals surface area contributed by atoms with Gasteiger partial charge < -0.3 is 15.0 Å². The largest absolute Gasteiger partial charge is 0.444 e. The molecule has 2 aliphatic rings. The van der Waals surface area contributed by atoms with Gasteiger partial charge in [0.05, 0.1) is 11.2 Å². The Labute approximate surface area is 183 Å². The first-order chi connectivity index (χ1) is 14.4. The molecule has 1 aliphatic carbocycles. The summed E-state index contributed by atoms with van der Waals surface area (Å²) >= 11 is 0. The van der Waals surface area contributed by atoms with Crippen LogP contribution in [0, 0.1) is 31.6 Å². The Bertz CT molecular complexity index is 1040. The number of nitrogens with one attached hydrogen (secondary N) is 1. The van der Waals surface area contributed by atoms with Crippen molar-refractivity contribution in [3.63, 3.8) is 0 Å². The summed E-state index contributed by atoms with van der Waals surface area (Å²) in [4.78, 5) is 36.3. The molecule has 0 spiro atoms. The maximum Gasteiger partial charge on any atom is 0.410 e. The molecule has 1 saturated carbocycles. The lowest BCUT2D eigenvalue weighted by Crippen LogP contribution is -2.44. The van der Waals surface area contributed by atoms with Crippen LogP contribution in [0.3, 0.4) is 0 Å². The van der Waals surface area contributed by atoms with Gasteiger partial charge in [-0.15, -0.1) is 0 Å². The lowest BCUT2D eigenvalue weighted by Gasteiger charge is -2.29. The number of nitrogens with zero attached hydrogens (tertiary/aromatic N) is 3. The summed E-state index contributed by atoms with van der Waals surface area (Å²) in [7, 11) is 0. The van der Waals surface area contributed by atoms with Crippen molar-refractivity contribution in [2.45, 2.75) is 59.6 Å². The van der Waals surface area contributed by atoms with Crippen molar-refractivity contribution in [2.75, 3.05) is 13.1 Å². The number of hydrogen-bond acceptors (Lipinski definition) is 5. The molecule has 31 heavy (non-hydrogen) atoms. The van der Waals surface area contributed by atoms with Gasteiger partial charge in [0, 0.05) is 47.4 Å². The fraction of sp³-hybridized carbons (Fsp3) is 0.583. The SMILES string of the molecule is Cc1cc2c(C)nccc2c(C(C)(C)NC(=O)[C@H]2[C@@H]3CN(C(=O)OC(C)(C)C)C[C@@H]32)n1. The second-order valence-electron chi connectivity index (χ2n) is 10.5. The van der Waals surface area contributed by atoms with Crippen LogP contribution in [0.2, 0.25) is 0 Å². The van der Waals surface area contributed by atoms with Crippen LogP contribution in [0.5, 0.6) is 0 Å². The van der Waals surface area contributed by atoms with Crippen LogP contribution in [0.25, 0.3) is 10.8 Å². The summed E-state index contributed by atoms with van der Waals surface area (Å²) < 4.78 is 5.46. The third-order valence-electron chi connectivity index (χ3n) is 6.26. The topological polar surface area (TPSA) is 84.4 Å². The highest BCUT2D eigenvalue weighted by Crippen LogP contribution is 2.52. The van der Waals surface area contributed by atoms with Crippen molar-refractivity contribution in [3.05, 3.63) is 35.4 Å². The highest BCUT2D eigenvalue weighted by atomic mass is 16.6. The predicted molar refractivity (Wildman–Crippen MR) is 118 cm³/mol. The fourth-order valence-electron chi connectivity index (χ4n) is 4.76. The normalized spacial score (nSPS) is 22.9. The Morgan fingerprint density at radius 1 is 1.10 bits per heavy atom. The van der Waals surface area contributed by atoms with Gasteiger partial charge in [-0.2, -0.15) is 0 Å². The zero-order valence-corrected chi connectivity index (χ0v) is 19.4. The molecule has 0 aromatic carbocycles.